The van der Waals surface area contributed by atoms with E-state index in [0.29, 0.717) is 6.54 Å². The SMILES string of the molecule is COc1ccc(CN2CCN(CC(=O)N3CCc4ccccc4C3)CC2)cc1. The molecular formula is C23H29N3O2. The van der Waals surface area contributed by atoms with Gasteiger partial charge in [-0.25, -0.2) is 0 Å². The standard InChI is InChI=1S/C23H29N3O2/c1-28-22-8-6-19(7-9-22)16-24-12-14-25(15-13-24)18-23(27)26-11-10-20-4-2-3-5-21(20)17-26/h2-9H,10-18H2,1H3. The molecule has 0 unspecified atom stereocenters. The van der Waals surface area contributed by atoms with Crippen LogP contribution in [0.25, 0.3) is 0 Å². The highest BCUT2D eigenvalue weighted by atomic mass is 16.5. The highest BCUT2D eigenvalue weighted by molar-refractivity contribution is 5.78. The zero-order valence-corrected chi connectivity index (χ0v) is 16.6. The van der Waals surface area contributed by atoms with Crippen LogP contribution in [0, 0.1) is 0 Å². The van der Waals surface area contributed by atoms with Gasteiger partial charge in [0.2, 0.25) is 5.91 Å². The van der Waals surface area contributed by atoms with E-state index in [2.05, 4.69) is 46.2 Å². The summed E-state index contributed by atoms with van der Waals surface area (Å²) in [6, 6.07) is 16.8. The van der Waals surface area contributed by atoms with Crippen LogP contribution in [0.4, 0.5) is 0 Å². The van der Waals surface area contributed by atoms with Crippen molar-refractivity contribution >= 4 is 5.91 Å². The largest absolute Gasteiger partial charge is 0.497 e. The van der Waals surface area contributed by atoms with Crippen molar-refractivity contribution in [2.45, 2.75) is 19.5 Å². The second-order valence-corrected chi connectivity index (χ2v) is 7.73. The fraction of sp³-hybridized carbons (Fsp3) is 0.435. The predicted octanol–water partition coefficient (Wildman–Crippen LogP) is 2.40. The number of rotatable bonds is 5. The van der Waals surface area contributed by atoms with Crippen molar-refractivity contribution in [3.05, 3.63) is 65.2 Å². The first-order chi connectivity index (χ1) is 13.7. The van der Waals surface area contributed by atoms with Crippen LogP contribution in [0.15, 0.2) is 48.5 Å². The second kappa shape index (κ2) is 8.76. The number of amides is 1. The van der Waals surface area contributed by atoms with Crippen molar-refractivity contribution in [3.63, 3.8) is 0 Å². The maximum absolute atomic E-state index is 12.8. The van der Waals surface area contributed by atoms with Gasteiger partial charge in [-0.05, 0) is 35.2 Å². The first-order valence-electron chi connectivity index (χ1n) is 10.1. The molecule has 2 aromatic carbocycles. The summed E-state index contributed by atoms with van der Waals surface area (Å²) in [5.74, 6) is 1.16. The van der Waals surface area contributed by atoms with Crippen LogP contribution in [0.3, 0.4) is 0 Å². The summed E-state index contributed by atoms with van der Waals surface area (Å²) in [4.78, 5) is 19.5. The molecule has 28 heavy (non-hydrogen) atoms. The molecule has 0 N–H and O–H groups in total. The minimum atomic E-state index is 0.262. The molecule has 2 aromatic rings. The Bertz CT molecular complexity index is 798. The molecular weight excluding hydrogens is 350 g/mol. The number of carbonyl (C=O) groups is 1. The number of carbonyl (C=O) groups excluding carboxylic acids is 1. The number of piperazine rings is 1. The van der Waals surface area contributed by atoms with Crippen molar-refractivity contribution in [1.29, 1.82) is 0 Å². The fourth-order valence-corrected chi connectivity index (χ4v) is 4.09. The lowest BCUT2D eigenvalue weighted by molar-refractivity contribution is -0.133. The van der Waals surface area contributed by atoms with Crippen LogP contribution < -0.4 is 4.74 Å². The predicted molar refractivity (Wildman–Crippen MR) is 110 cm³/mol. The lowest BCUT2D eigenvalue weighted by Gasteiger charge is -2.36. The van der Waals surface area contributed by atoms with Crippen LogP contribution in [0.5, 0.6) is 5.75 Å². The van der Waals surface area contributed by atoms with E-state index >= 15 is 0 Å². The Labute approximate surface area is 167 Å². The molecule has 148 valence electrons. The molecule has 1 fully saturated rings. The van der Waals surface area contributed by atoms with Crippen molar-refractivity contribution in [2.75, 3.05) is 46.4 Å². The van der Waals surface area contributed by atoms with Gasteiger partial charge in [-0.2, -0.15) is 0 Å². The van der Waals surface area contributed by atoms with E-state index in [1.54, 1.807) is 7.11 Å². The number of hydrogen-bond acceptors (Lipinski definition) is 4. The topological polar surface area (TPSA) is 36.0 Å². The maximum atomic E-state index is 12.8. The zero-order chi connectivity index (χ0) is 19.3. The molecule has 0 aromatic heterocycles. The smallest absolute Gasteiger partial charge is 0.237 e. The molecule has 0 atom stereocenters. The Morgan fingerprint density at radius 2 is 1.57 bits per heavy atom. The Morgan fingerprint density at radius 3 is 2.29 bits per heavy atom. The minimum absolute atomic E-state index is 0.262. The summed E-state index contributed by atoms with van der Waals surface area (Å²) >= 11 is 0. The summed E-state index contributed by atoms with van der Waals surface area (Å²) in [7, 11) is 1.69. The highest BCUT2D eigenvalue weighted by Gasteiger charge is 2.24. The van der Waals surface area contributed by atoms with E-state index < -0.39 is 0 Å². The maximum Gasteiger partial charge on any atom is 0.237 e. The van der Waals surface area contributed by atoms with E-state index in [1.165, 1.54) is 16.7 Å². The van der Waals surface area contributed by atoms with Gasteiger partial charge in [0, 0.05) is 45.8 Å². The van der Waals surface area contributed by atoms with E-state index in [0.717, 1.165) is 58.0 Å². The molecule has 5 nitrogen and oxygen atoms in total. The molecule has 0 saturated carbocycles. The molecule has 1 amide bonds. The van der Waals surface area contributed by atoms with Gasteiger partial charge in [0.25, 0.3) is 0 Å². The van der Waals surface area contributed by atoms with E-state index in [-0.39, 0.29) is 5.91 Å². The van der Waals surface area contributed by atoms with E-state index in [9.17, 15) is 4.79 Å². The van der Waals surface area contributed by atoms with Crippen LogP contribution in [0.1, 0.15) is 16.7 Å². The third-order valence-corrected chi connectivity index (χ3v) is 5.87. The summed E-state index contributed by atoms with van der Waals surface area (Å²) in [6.07, 6.45) is 0.970. The molecule has 5 heteroatoms. The Hall–Kier alpha value is -2.37. The van der Waals surface area contributed by atoms with Crippen molar-refractivity contribution < 1.29 is 9.53 Å². The Kier molecular flexibility index (Phi) is 5.93. The summed E-state index contributed by atoms with van der Waals surface area (Å²) < 4.78 is 5.22. The summed E-state index contributed by atoms with van der Waals surface area (Å²) in [6.45, 7) is 7.00. The summed E-state index contributed by atoms with van der Waals surface area (Å²) in [5, 5.41) is 0. The van der Waals surface area contributed by atoms with Crippen LogP contribution in [-0.4, -0.2) is 67.0 Å². The normalized spacial score (nSPS) is 18.0. The zero-order valence-electron chi connectivity index (χ0n) is 16.6. The summed E-state index contributed by atoms with van der Waals surface area (Å²) in [5.41, 5.74) is 3.99. The highest BCUT2D eigenvalue weighted by Crippen LogP contribution is 2.19. The number of fused-ring (bicyclic) bond motifs is 1. The molecule has 0 aliphatic carbocycles. The number of hydrogen-bond donors (Lipinski definition) is 0. The van der Waals surface area contributed by atoms with Gasteiger partial charge in [0.15, 0.2) is 0 Å². The second-order valence-electron chi connectivity index (χ2n) is 7.73. The molecule has 2 aliphatic rings. The molecule has 4 rings (SSSR count). The van der Waals surface area contributed by atoms with Gasteiger partial charge in [-0.1, -0.05) is 36.4 Å². The lowest BCUT2D eigenvalue weighted by Crippen LogP contribution is -2.50. The third-order valence-electron chi connectivity index (χ3n) is 5.87. The van der Waals surface area contributed by atoms with Crippen molar-refractivity contribution in [2.24, 2.45) is 0 Å². The van der Waals surface area contributed by atoms with Gasteiger partial charge in [-0.15, -0.1) is 0 Å². The molecule has 2 aliphatic heterocycles. The van der Waals surface area contributed by atoms with Gasteiger partial charge in [0.1, 0.15) is 5.75 Å². The Morgan fingerprint density at radius 1 is 0.893 bits per heavy atom. The van der Waals surface area contributed by atoms with Crippen LogP contribution in [-0.2, 0) is 24.3 Å². The lowest BCUT2D eigenvalue weighted by atomic mass is 10.00. The van der Waals surface area contributed by atoms with Crippen LogP contribution in [0.2, 0.25) is 0 Å². The first kappa shape index (κ1) is 19.0. The van der Waals surface area contributed by atoms with Gasteiger partial charge in [0.05, 0.1) is 13.7 Å². The fourth-order valence-electron chi connectivity index (χ4n) is 4.09. The first-order valence-corrected chi connectivity index (χ1v) is 10.1. The van der Waals surface area contributed by atoms with Crippen molar-refractivity contribution in [1.82, 2.24) is 14.7 Å². The quantitative estimate of drug-likeness (QED) is 0.799. The van der Waals surface area contributed by atoms with Gasteiger partial charge < -0.3 is 9.64 Å². The van der Waals surface area contributed by atoms with E-state index in [1.807, 2.05) is 17.0 Å². The number of nitrogens with zero attached hydrogens (tertiary/aromatic N) is 3. The number of benzene rings is 2. The average Bonchev–Trinajstić information content (AvgIpc) is 2.75. The minimum Gasteiger partial charge on any atom is -0.497 e. The van der Waals surface area contributed by atoms with Crippen LogP contribution >= 0.6 is 0 Å². The monoisotopic (exact) mass is 379 g/mol. The molecule has 0 bridgehead atoms. The average molecular weight is 380 g/mol. The third kappa shape index (κ3) is 4.54. The van der Waals surface area contributed by atoms with Gasteiger partial charge in [-0.3, -0.25) is 14.6 Å². The van der Waals surface area contributed by atoms with Gasteiger partial charge >= 0.3 is 0 Å². The Balaban J connectivity index is 1.23. The van der Waals surface area contributed by atoms with Crippen molar-refractivity contribution in [3.8, 4) is 5.75 Å². The molecule has 2 heterocycles. The number of methoxy groups -OCH3 is 1. The van der Waals surface area contributed by atoms with E-state index in [4.69, 9.17) is 4.74 Å². The molecule has 1 saturated heterocycles. The number of ether oxygens (including phenoxy) is 1. The molecule has 0 radical (unpaired) electrons. The molecule has 0 spiro atoms.